The Bertz CT molecular complexity index is 389. The number of hydrogen-bond donors (Lipinski definition) is 0. The van der Waals surface area contributed by atoms with Crippen molar-refractivity contribution in [3.63, 3.8) is 0 Å². The third-order valence-electron chi connectivity index (χ3n) is 5.66. The van der Waals surface area contributed by atoms with Gasteiger partial charge >= 0.3 is 5.97 Å². The van der Waals surface area contributed by atoms with E-state index in [1.165, 1.54) is 51.4 Å². The van der Waals surface area contributed by atoms with Crippen molar-refractivity contribution in [2.24, 2.45) is 5.41 Å². The Morgan fingerprint density at radius 2 is 1.16 bits per heavy atom. The maximum Gasteiger partial charge on any atom is 0.311 e. The van der Waals surface area contributed by atoms with E-state index in [-0.39, 0.29) is 18.4 Å². The van der Waals surface area contributed by atoms with Crippen LogP contribution >= 0.6 is 0 Å². The van der Waals surface area contributed by atoms with Gasteiger partial charge in [-0.1, -0.05) is 72.1 Å². The van der Waals surface area contributed by atoms with Gasteiger partial charge in [-0.3, -0.25) is 4.79 Å². The van der Waals surface area contributed by atoms with Crippen molar-refractivity contribution in [1.29, 1.82) is 0 Å². The fourth-order valence-corrected chi connectivity index (χ4v) is 3.41. The molecule has 0 bridgehead atoms. The quantitative estimate of drug-likeness (QED) is 0.102. The van der Waals surface area contributed by atoms with Crippen LogP contribution in [0.3, 0.4) is 0 Å². The minimum atomic E-state index is -0.421. The van der Waals surface area contributed by atoms with Crippen molar-refractivity contribution in [1.82, 2.24) is 0 Å². The zero-order valence-electron chi connectivity index (χ0n) is 21.8. The molecule has 0 saturated carbocycles. The highest BCUT2D eigenvalue weighted by Crippen LogP contribution is 2.20. The van der Waals surface area contributed by atoms with Crippen LogP contribution in [-0.4, -0.2) is 31.6 Å². The van der Waals surface area contributed by atoms with E-state index >= 15 is 0 Å². The van der Waals surface area contributed by atoms with Gasteiger partial charge in [0.2, 0.25) is 0 Å². The van der Waals surface area contributed by atoms with E-state index in [1.807, 2.05) is 20.8 Å². The number of ether oxygens (including phenoxy) is 3. The zero-order chi connectivity index (χ0) is 23.4. The molecule has 0 heterocycles. The highest BCUT2D eigenvalue weighted by atomic mass is 16.7. The molecule has 4 nitrogen and oxygen atoms in total. The van der Waals surface area contributed by atoms with E-state index in [2.05, 4.69) is 20.8 Å². The van der Waals surface area contributed by atoms with Gasteiger partial charge in [-0.25, -0.2) is 0 Å². The normalized spacial score (nSPS) is 13.0. The molecule has 186 valence electrons. The minimum absolute atomic E-state index is 0.0422. The lowest BCUT2D eigenvalue weighted by Gasteiger charge is -2.22. The minimum Gasteiger partial charge on any atom is -0.462 e. The first kappa shape index (κ1) is 30.4. The highest BCUT2D eigenvalue weighted by molar-refractivity contribution is 5.75. The summed E-state index contributed by atoms with van der Waals surface area (Å²) in [6.45, 7) is 13.9. The van der Waals surface area contributed by atoms with Gasteiger partial charge in [-0.05, 0) is 65.7 Å². The highest BCUT2D eigenvalue weighted by Gasteiger charge is 2.25. The van der Waals surface area contributed by atoms with Gasteiger partial charge in [0.05, 0.1) is 5.41 Å². The van der Waals surface area contributed by atoms with Crippen molar-refractivity contribution in [3.05, 3.63) is 0 Å². The van der Waals surface area contributed by atoms with E-state index in [0.717, 1.165) is 58.2 Å². The van der Waals surface area contributed by atoms with Crippen molar-refractivity contribution in [2.75, 3.05) is 13.2 Å². The second-order valence-electron chi connectivity index (χ2n) is 9.97. The van der Waals surface area contributed by atoms with Crippen molar-refractivity contribution in [2.45, 2.75) is 150 Å². The van der Waals surface area contributed by atoms with Crippen LogP contribution in [0.25, 0.3) is 0 Å². The van der Waals surface area contributed by atoms with Gasteiger partial charge in [0.15, 0.2) is 6.29 Å². The van der Waals surface area contributed by atoms with Gasteiger partial charge in [-0.15, -0.1) is 0 Å². The first-order valence-corrected chi connectivity index (χ1v) is 13.3. The molecule has 1 unspecified atom stereocenters. The molecule has 0 radical (unpaired) electrons. The maximum atomic E-state index is 12.1. The van der Waals surface area contributed by atoms with E-state index in [9.17, 15) is 4.79 Å². The summed E-state index contributed by atoms with van der Waals surface area (Å²) in [7, 11) is 0. The molecule has 0 aromatic rings. The van der Waals surface area contributed by atoms with E-state index in [4.69, 9.17) is 14.2 Å². The third kappa shape index (κ3) is 18.6. The van der Waals surface area contributed by atoms with Gasteiger partial charge in [0.1, 0.15) is 6.10 Å². The van der Waals surface area contributed by atoms with Crippen LogP contribution in [0.4, 0.5) is 0 Å². The second-order valence-corrected chi connectivity index (χ2v) is 9.97. The smallest absolute Gasteiger partial charge is 0.311 e. The van der Waals surface area contributed by atoms with Crippen LogP contribution in [-0.2, 0) is 19.0 Å². The number of unbranched alkanes of at least 4 members (excludes halogenated alkanes) is 9. The summed E-state index contributed by atoms with van der Waals surface area (Å²) < 4.78 is 17.8. The summed E-state index contributed by atoms with van der Waals surface area (Å²) in [6.07, 6.45) is 17.3. The monoisotopic (exact) mass is 442 g/mol. The molecule has 0 aromatic heterocycles. The van der Waals surface area contributed by atoms with Crippen molar-refractivity contribution < 1.29 is 19.0 Å². The van der Waals surface area contributed by atoms with Crippen LogP contribution in [0.2, 0.25) is 0 Å². The predicted octanol–water partition coefficient (Wildman–Crippen LogP) is 8.21. The summed E-state index contributed by atoms with van der Waals surface area (Å²) in [5, 5.41) is 0. The summed E-state index contributed by atoms with van der Waals surface area (Å²) in [5.41, 5.74) is -0.421. The number of carbonyl (C=O) groups is 1. The molecular formula is C27H54O4. The van der Waals surface area contributed by atoms with E-state index in [1.54, 1.807) is 0 Å². The molecule has 0 N–H and O–H groups in total. The predicted molar refractivity (Wildman–Crippen MR) is 131 cm³/mol. The lowest BCUT2D eigenvalue weighted by Crippen LogP contribution is -2.28. The van der Waals surface area contributed by atoms with Gasteiger partial charge in [-0.2, -0.15) is 0 Å². The number of carbonyl (C=O) groups excluding carboxylic acids is 1. The molecule has 0 aliphatic rings. The van der Waals surface area contributed by atoms with Crippen LogP contribution in [0.15, 0.2) is 0 Å². The number of rotatable bonds is 21. The van der Waals surface area contributed by atoms with Gasteiger partial charge < -0.3 is 14.2 Å². The van der Waals surface area contributed by atoms with Crippen molar-refractivity contribution in [3.8, 4) is 0 Å². The topological polar surface area (TPSA) is 44.8 Å². The summed E-state index contributed by atoms with van der Waals surface area (Å²) >= 11 is 0. The zero-order valence-corrected chi connectivity index (χ0v) is 21.8. The largest absolute Gasteiger partial charge is 0.462 e. The number of hydrogen-bond acceptors (Lipinski definition) is 4. The Kier molecular flexibility index (Phi) is 19.6. The first-order chi connectivity index (χ1) is 14.8. The first-order valence-electron chi connectivity index (χ1n) is 13.3. The molecule has 0 aliphatic carbocycles. The second kappa shape index (κ2) is 20.0. The lowest BCUT2D eigenvalue weighted by atomic mass is 9.97. The molecule has 0 saturated heterocycles. The van der Waals surface area contributed by atoms with Crippen LogP contribution in [0.1, 0.15) is 138 Å². The Morgan fingerprint density at radius 3 is 1.61 bits per heavy atom. The van der Waals surface area contributed by atoms with Gasteiger partial charge in [0, 0.05) is 13.2 Å². The Labute approximate surface area is 194 Å². The summed E-state index contributed by atoms with van der Waals surface area (Å²) in [6, 6.07) is 0. The van der Waals surface area contributed by atoms with Crippen LogP contribution in [0.5, 0.6) is 0 Å². The fraction of sp³-hybridized carbons (Fsp3) is 0.963. The average Bonchev–Trinajstić information content (AvgIpc) is 2.73. The Balaban J connectivity index is 4.06. The van der Waals surface area contributed by atoms with Crippen molar-refractivity contribution >= 4 is 5.97 Å². The van der Waals surface area contributed by atoms with E-state index < -0.39 is 5.41 Å². The SMILES string of the molecule is CCCCCCOC(CCCCCCC(CC)OC(=O)C(C)(C)C)OCCCCCC. The fourth-order valence-electron chi connectivity index (χ4n) is 3.41. The standard InChI is InChI=1S/C27H54O4/c1-7-10-12-18-22-29-25(30-23-19-13-11-8-2)21-17-15-14-16-20-24(9-3)31-26(28)27(4,5)6/h24-25H,7-23H2,1-6H3. The lowest BCUT2D eigenvalue weighted by molar-refractivity contribution is -0.159. The molecule has 1 atom stereocenters. The summed E-state index contributed by atoms with van der Waals surface area (Å²) in [5.74, 6) is -0.0886. The van der Waals surface area contributed by atoms with Crippen LogP contribution in [0, 0.1) is 5.41 Å². The molecular weight excluding hydrogens is 388 g/mol. The Morgan fingerprint density at radius 1 is 0.677 bits per heavy atom. The molecule has 0 fully saturated rings. The van der Waals surface area contributed by atoms with Gasteiger partial charge in [0.25, 0.3) is 0 Å². The average molecular weight is 443 g/mol. The molecule has 0 rings (SSSR count). The number of esters is 1. The van der Waals surface area contributed by atoms with E-state index in [0.29, 0.717) is 0 Å². The molecule has 0 spiro atoms. The molecule has 0 aromatic carbocycles. The third-order valence-corrected chi connectivity index (χ3v) is 5.66. The molecule has 0 aliphatic heterocycles. The molecule has 4 heteroatoms. The summed E-state index contributed by atoms with van der Waals surface area (Å²) in [4.78, 5) is 12.1. The molecule has 31 heavy (non-hydrogen) atoms. The maximum absolute atomic E-state index is 12.1. The molecule has 0 amide bonds. The Hall–Kier alpha value is -0.610. The van der Waals surface area contributed by atoms with Crippen LogP contribution < -0.4 is 0 Å².